The molecule has 1 aliphatic rings. The zero-order valence-electron chi connectivity index (χ0n) is 12.8. The van der Waals surface area contributed by atoms with Gasteiger partial charge in [-0.2, -0.15) is 0 Å². The smallest absolute Gasteiger partial charge is 0.144 e. The molecule has 0 unspecified atom stereocenters. The van der Waals surface area contributed by atoms with E-state index < -0.39 is 0 Å². The standard InChI is InChI=1S/C12H15ClFN.2C2H6/c1-7-2-8(6-11(13)12(7)14)3-9-4-10(15)5-9;2*1-2/h2,6,9-10H,3-5,15H2,1H3;2*1-2H3. The molecule has 0 saturated heterocycles. The van der Waals surface area contributed by atoms with Gasteiger partial charge in [0.15, 0.2) is 0 Å². The molecule has 0 aromatic heterocycles. The van der Waals surface area contributed by atoms with Gasteiger partial charge < -0.3 is 5.73 Å². The molecule has 1 saturated carbocycles. The van der Waals surface area contributed by atoms with Crippen LogP contribution in [0.25, 0.3) is 0 Å². The van der Waals surface area contributed by atoms with Crippen molar-refractivity contribution in [3.63, 3.8) is 0 Å². The van der Waals surface area contributed by atoms with E-state index in [1.54, 1.807) is 13.0 Å². The second-order valence-corrected chi connectivity index (χ2v) is 4.92. The van der Waals surface area contributed by atoms with Crippen LogP contribution in [-0.4, -0.2) is 6.04 Å². The van der Waals surface area contributed by atoms with Crippen LogP contribution in [0.3, 0.4) is 0 Å². The highest BCUT2D eigenvalue weighted by Gasteiger charge is 2.26. The monoisotopic (exact) mass is 287 g/mol. The summed E-state index contributed by atoms with van der Waals surface area (Å²) in [6.45, 7) is 9.75. The highest BCUT2D eigenvalue weighted by Crippen LogP contribution is 2.30. The van der Waals surface area contributed by atoms with Crippen LogP contribution in [0.2, 0.25) is 5.02 Å². The van der Waals surface area contributed by atoms with Crippen LogP contribution in [0.15, 0.2) is 12.1 Å². The van der Waals surface area contributed by atoms with Crippen molar-refractivity contribution in [2.24, 2.45) is 11.7 Å². The lowest BCUT2D eigenvalue weighted by molar-refractivity contribution is 0.264. The third-order valence-corrected chi connectivity index (χ3v) is 3.34. The minimum Gasteiger partial charge on any atom is -0.328 e. The van der Waals surface area contributed by atoms with Crippen LogP contribution < -0.4 is 5.73 Å². The van der Waals surface area contributed by atoms with Gasteiger partial charge in [-0.1, -0.05) is 45.4 Å². The molecule has 2 rings (SSSR count). The fourth-order valence-corrected chi connectivity index (χ4v) is 2.49. The summed E-state index contributed by atoms with van der Waals surface area (Å²) in [6.07, 6.45) is 3.12. The topological polar surface area (TPSA) is 26.0 Å². The zero-order valence-corrected chi connectivity index (χ0v) is 13.5. The predicted octanol–water partition coefficient (Wildman–Crippen LogP) is 5.12. The molecule has 0 atom stereocenters. The molecule has 1 fully saturated rings. The van der Waals surface area contributed by atoms with Gasteiger partial charge in [-0.15, -0.1) is 0 Å². The van der Waals surface area contributed by atoms with Crippen molar-refractivity contribution in [2.45, 2.75) is 59.9 Å². The quantitative estimate of drug-likeness (QED) is 0.803. The number of benzene rings is 1. The fraction of sp³-hybridized carbons (Fsp3) is 0.625. The summed E-state index contributed by atoms with van der Waals surface area (Å²) in [5.41, 5.74) is 7.47. The van der Waals surface area contributed by atoms with Crippen LogP contribution >= 0.6 is 11.6 Å². The van der Waals surface area contributed by atoms with Crippen molar-refractivity contribution < 1.29 is 4.39 Å². The van der Waals surface area contributed by atoms with E-state index in [4.69, 9.17) is 17.3 Å². The normalized spacial score (nSPS) is 20.4. The lowest BCUT2D eigenvalue weighted by Gasteiger charge is -2.32. The minimum atomic E-state index is -0.300. The molecule has 1 aromatic carbocycles. The molecule has 0 bridgehead atoms. The molecular formula is C16H27ClFN. The first-order chi connectivity index (χ1) is 9.06. The van der Waals surface area contributed by atoms with Crippen molar-refractivity contribution in [2.75, 3.05) is 0 Å². The molecule has 110 valence electrons. The summed E-state index contributed by atoms with van der Waals surface area (Å²) in [5.74, 6) is 0.353. The van der Waals surface area contributed by atoms with Gasteiger partial charge in [-0.05, 0) is 49.3 Å². The van der Waals surface area contributed by atoms with Crippen LogP contribution in [-0.2, 0) is 6.42 Å². The molecule has 1 aliphatic carbocycles. The lowest BCUT2D eigenvalue weighted by Crippen LogP contribution is -2.37. The first-order valence-corrected chi connectivity index (χ1v) is 7.64. The molecule has 19 heavy (non-hydrogen) atoms. The van der Waals surface area contributed by atoms with Gasteiger partial charge in [-0.25, -0.2) is 4.39 Å². The molecule has 0 amide bonds. The molecule has 0 radical (unpaired) electrons. The summed E-state index contributed by atoms with van der Waals surface area (Å²) in [7, 11) is 0. The summed E-state index contributed by atoms with van der Waals surface area (Å²) in [4.78, 5) is 0. The molecule has 1 aromatic rings. The van der Waals surface area contributed by atoms with Crippen LogP contribution in [0, 0.1) is 18.7 Å². The van der Waals surface area contributed by atoms with E-state index >= 15 is 0 Å². The second-order valence-electron chi connectivity index (χ2n) is 4.51. The summed E-state index contributed by atoms with van der Waals surface area (Å²) < 4.78 is 13.3. The molecule has 2 N–H and O–H groups in total. The van der Waals surface area contributed by atoms with E-state index in [1.165, 1.54) is 0 Å². The van der Waals surface area contributed by atoms with E-state index in [1.807, 2.05) is 33.8 Å². The van der Waals surface area contributed by atoms with Gasteiger partial charge in [-0.3, -0.25) is 0 Å². The van der Waals surface area contributed by atoms with E-state index in [2.05, 4.69) is 0 Å². The maximum Gasteiger partial charge on any atom is 0.144 e. The summed E-state index contributed by atoms with van der Waals surface area (Å²) >= 11 is 5.79. The van der Waals surface area contributed by atoms with Gasteiger partial charge in [0, 0.05) is 6.04 Å². The Kier molecular flexibility index (Phi) is 9.03. The van der Waals surface area contributed by atoms with Gasteiger partial charge in [0.05, 0.1) is 5.02 Å². The van der Waals surface area contributed by atoms with Crippen LogP contribution in [0.1, 0.15) is 51.7 Å². The average Bonchev–Trinajstić information content (AvgIpc) is 2.39. The van der Waals surface area contributed by atoms with Gasteiger partial charge in [0.25, 0.3) is 0 Å². The molecule has 3 heteroatoms. The highest BCUT2D eigenvalue weighted by atomic mass is 35.5. The largest absolute Gasteiger partial charge is 0.328 e. The minimum absolute atomic E-state index is 0.230. The summed E-state index contributed by atoms with van der Waals surface area (Å²) in [5, 5.41) is 0.230. The van der Waals surface area contributed by atoms with E-state index in [-0.39, 0.29) is 10.8 Å². The van der Waals surface area contributed by atoms with Gasteiger partial charge >= 0.3 is 0 Å². The molecular weight excluding hydrogens is 261 g/mol. The van der Waals surface area contributed by atoms with Gasteiger partial charge in [0.2, 0.25) is 0 Å². The number of nitrogens with two attached hydrogens (primary N) is 1. The first-order valence-electron chi connectivity index (χ1n) is 7.26. The Labute approximate surface area is 122 Å². The number of rotatable bonds is 2. The number of halogens is 2. The van der Waals surface area contributed by atoms with Crippen molar-refractivity contribution in [1.29, 1.82) is 0 Å². The molecule has 0 heterocycles. The van der Waals surface area contributed by atoms with Crippen molar-refractivity contribution in [1.82, 2.24) is 0 Å². The van der Waals surface area contributed by atoms with Gasteiger partial charge in [0.1, 0.15) is 5.82 Å². The predicted molar refractivity (Wildman–Crippen MR) is 83.2 cm³/mol. The SMILES string of the molecule is CC.CC.Cc1cc(CC2CC(N)C2)cc(Cl)c1F. The van der Waals surface area contributed by atoms with E-state index in [9.17, 15) is 4.39 Å². The third-order valence-electron chi connectivity index (χ3n) is 3.07. The molecule has 0 aliphatic heterocycles. The third kappa shape index (κ3) is 5.50. The highest BCUT2D eigenvalue weighted by molar-refractivity contribution is 6.30. The average molecular weight is 288 g/mol. The Bertz CT molecular complexity index is 350. The van der Waals surface area contributed by atoms with Crippen LogP contribution in [0.5, 0.6) is 0 Å². The second kappa shape index (κ2) is 9.33. The van der Waals surface area contributed by atoms with Crippen LogP contribution in [0.4, 0.5) is 4.39 Å². The Morgan fingerprint density at radius 1 is 1.21 bits per heavy atom. The van der Waals surface area contributed by atoms with Crippen molar-refractivity contribution in [3.8, 4) is 0 Å². The van der Waals surface area contributed by atoms with E-state index in [0.29, 0.717) is 17.5 Å². The number of hydrogen-bond acceptors (Lipinski definition) is 1. The molecule has 1 nitrogen and oxygen atoms in total. The van der Waals surface area contributed by atoms with Crippen molar-refractivity contribution in [3.05, 3.63) is 34.1 Å². The zero-order chi connectivity index (χ0) is 15.0. The fourth-order valence-electron chi connectivity index (χ4n) is 2.20. The van der Waals surface area contributed by atoms with Crippen molar-refractivity contribution >= 4 is 11.6 Å². The maximum absolute atomic E-state index is 13.3. The lowest BCUT2D eigenvalue weighted by atomic mass is 9.77. The van der Waals surface area contributed by atoms with E-state index in [0.717, 1.165) is 24.8 Å². The Balaban J connectivity index is 0.000000741. The Morgan fingerprint density at radius 3 is 2.16 bits per heavy atom. The Morgan fingerprint density at radius 2 is 1.74 bits per heavy atom. The summed E-state index contributed by atoms with van der Waals surface area (Å²) in [6, 6.07) is 3.98. The number of aryl methyl sites for hydroxylation is 1. The number of hydrogen-bond donors (Lipinski definition) is 1. The molecule has 0 spiro atoms. The Hall–Kier alpha value is -0.600. The first kappa shape index (κ1) is 18.4. The maximum atomic E-state index is 13.3.